The van der Waals surface area contributed by atoms with Crippen molar-refractivity contribution in [1.82, 2.24) is 9.62 Å². The molecular weight excluding hydrogens is 452 g/mol. The van der Waals surface area contributed by atoms with Gasteiger partial charge in [-0.15, -0.1) is 0 Å². The Morgan fingerprint density at radius 1 is 0.971 bits per heavy atom. The number of carbonyl (C=O) groups excluding carboxylic acids is 1. The molecular formula is C26H30N2O5S. The minimum Gasteiger partial charge on any atom is -0.497 e. The van der Waals surface area contributed by atoms with E-state index in [9.17, 15) is 13.2 Å². The van der Waals surface area contributed by atoms with Crippen molar-refractivity contribution in [3.63, 3.8) is 0 Å². The maximum Gasteiger partial charge on any atom is 0.253 e. The zero-order valence-electron chi connectivity index (χ0n) is 19.7. The van der Waals surface area contributed by atoms with Gasteiger partial charge in [0.05, 0.1) is 14.2 Å². The van der Waals surface area contributed by atoms with E-state index in [0.29, 0.717) is 12.1 Å². The number of ether oxygens (including phenoxy) is 2. The topological polar surface area (TPSA) is 84.9 Å². The molecule has 8 heteroatoms. The number of nitrogens with one attached hydrogen (secondary N) is 1. The molecule has 0 spiro atoms. The number of rotatable bonds is 8. The zero-order valence-corrected chi connectivity index (χ0v) is 20.5. The fraction of sp³-hybridized carbons (Fsp3) is 0.346. The van der Waals surface area contributed by atoms with Crippen LogP contribution in [0.5, 0.6) is 11.5 Å². The zero-order chi connectivity index (χ0) is 24.3. The lowest BCUT2D eigenvalue weighted by Gasteiger charge is -2.19. The van der Waals surface area contributed by atoms with Crippen molar-refractivity contribution < 1.29 is 22.7 Å². The molecule has 3 aromatic carbocycles. The van der Waals surface area contributed by atoms with Crippen LogP contribution in [0.3, 0.4) is 0 Å². The van der Waals surface area contributed by atoms with Gasteiger partial charge in [0.15, 0.2) is 0 Å². The fourth-order valence-corrected chi connectivity index (χ4v) is 5.91. The number of methoxy groups -OCH3 is 2. The smallest absolute Gasteiger partial charge is 0.253 e. The van der Waals surface area contributed by atoms with Crippen molar-refractivity contribution in [3.8, 4) is 11.5 Å². The maximum absolute atomic E-state index is 13.2. The second-order valence-corrected chi connectivity index (χ2v) is 10.4. The Morgan fingerprint density at radius 3 is 2.38 bits per heavy atom. The molecule has 1 aliphatic carbocycles. The largest absolute Gasteiger partial charge is 0.497 e. The van der Waals surface area contributed by atoms with Gasteiger partial charge in [-0.25, -0.2) is 13.1 Å². The third-order valence-corrected chi connectivity index (χ3v) is 7.80. The quantitative estimate of drug-likeness (QED) is 0.516. The van der Waals surface area contributed by atoms with Gasteiger partial charge in [0.25, 0.3) is 5.91 Å². The van der Waals surface area contributed by atoms with Crippen molar-refractivity contribution >= 4 is 26.7 Å². The van der Waals surface area contributed by atoms with Gasteiger partial charge < -0.3 is 14.4 Å². The number of sulfonamides is 1. The van der Waals surface area contributed by atoms with Crippen molar-refractivity contribution in [3.05, 3.63) is 65.7 Å². The number of hydrogen-bond acceptors (Lipinski definition) is 5. The summed E-state index contributed by atoms with van der Waals surface area (Å²) in [5, 5.41) is 2.10. The molecule has 0 heterocycles. The number of carbonyl (C=O) groups is 1. The Hall–Kier alpha value is -3.10. The highest BCUT2D eigenvalue weighted by atomic mass is 32.2. The van der Waals surface area contributed by atoms with E-state index >= 15 is 0 Å². The van der Waals surface area contributed by atoms with E-state index < -0.39 is 10.0 Å². The average molecular weight is 483 g/mol. The molecule has 0 aliphatic heterocycles. The standard InChI is InChI=1S/C26H30N2O5S/c1-28(17-18-8-9-20-15-23(32-2)12-10-19(20)14-18)26(29)21-11-13-24(33-3)25(16-21)34(30,31)27-22-6-4-5-7-22/h8-16,22,27H,4-7,17H2,1-3H3. The van der Waals surface area contributed by atoms with Gasteiger partial charge in [-0.2, -0.15) is 0 Å². The van der Waals surface area contributed by atoms with Crippen LogP contribution in [0, 0.1) is 0 Å². The molecule has 1 saturated carbocycles. The minimum absolute atomic E-state index is 0.0131. The summed E-state index contributed by atoms with van der Waals surface area (Å²) in [6.45, 7) is 0.384. The Balaban J connectivity index is 1.55. The average Bonchev–Trinajstić information content (AvgIpc) is 3.35. The number of amides is 1. The van der Waals surface area contributed by atoms with Crippen molar-refractivity contribution in [2.24, 2.45) is 0 Å². The summed E-state index contributed by atoms with van der Waals surface area (Å²) in [4.78, 5) is 14.7. The second-order valence-electron chi connectivity index (χ2n) is 8.68. The highest BCUT2D eigenvalue weighted by molar-refractivity contribution is 7.89. The molecule has 3 aromatic rings. The van der Waals surface area contributed by atoms with Crippen LogP contribution in [0.4, 0.5) is 0 Å². The molecule has 0 unspecified atom stereocenters. The molecule has 0 atom stereocenters. The predicted molar refractivity (Wildman–Crippen MR) is 132 cm³/mol. The van der Waals surface area contributed by atoms with E-state index in [1.165, 1.54) is 19.2 Å². The van der Waals surface area contributed by atoms with Crippen LogP contribution < -0.4 is 14.2 Å². The lowest BCUT2D eigenvalue weighted by Crippen LogP contribution is -2.33. The second kappa shape index (κ2) is 10.0. The monoisotopic (exact) mass is 482 g/mol. The molecule has 1 amide bonds. The molecule has 0 saturated heterocycles. The Morgan fingerprint density at radius 2 is 1.68 bits per heavy atom. The normalized spacial score (nSPS) is 14.3. The highest BCUT2D eigenvalue weighted by Crippen LogP contribution is 2.28. The Bertz CT molecular complexity index is 1300. The van der Waals surface area contributed by atoms with Gasteiger partial charge in [0.2, 0.25) is 10.0 Å². The van der Waals surface area contributed by atoms with Crippen LogP contribution in [0.1, 0.15) is 41.6 Å². The Kier molecular flexibility index (Phi) is 7.09. The Labute approximate surface area is 200 Å². The van der Waals surface area contributed by atoms with Gasteiger partial charge >= 0.3 is 0 Å². The van der Waals surface area contributed by atoms with Crippen LogP contribution in [0.2, 0.25) is 0 Å². The summed E-state index contributed by atoms with van der Waals surface area (Å²) in [5.41, 5.74) is 1.26. The van der Waals surface area contributed by atoms with Crippen LogP contribution in [-0.4, -0.2) is 46.5 Å². The van der Waals surface area contributed by atoms with Crippen LogP contribution in [-0.2, 0) is 16.6 Å². The van der Waals surface area contributed by atoms with E-state index in [1.807, 2.05) is 36.4 Å². The summed E-state index contributed by atoms with van der Waals surface area (Å²) in [6, 6.07) is 16.3. The number of hydrogen-bond donors (Lipinski definition) is 1. The van der Waals surface area contributed by atoms with Gasteiger partial charge in [0.1, 0.15) is 16.4 Å². The summed E-state index contributed by atoms with van der Waals surface area (Å²) >= 11 is 0. The van der Waals surface area contributed by atoms with Crippen molar-refractivity contribution in [2.75, 3.05) is 21.3 Å². The molecule has 0 bridgehead atoms. The van der Waals surface area contributed by atoms with Gasteiger partial charge in [-0.3, -0.25) is 4.79 Å². The molecule has 7 nitrogen and oxygen atoms in total. The molecule has 4 rings (SSSR count). The van der Waals surface area contributed by atoms with E-state index in [4.69, 9.17) is 9.47 Å². The molecule has 1 fully saturated rings. The van der Waals surface area contributed by atoms with E-state index in [2.05, 4.69) is 4.72 Å². The van der Waals surface area contributed by atoms with Crippen molar-refractivity contribution in [1.29, 1.82) is 0 Å². The number of fused-ring (bicyclic) bond motifs is 1. The molecule has 1 N–H and O–H groups in total. The third-order valence-electron chi connectivity index (χ3n) is 6.26. The SMILES string of the molecule is COc1ccc2cc(CN(C)C(=O)c3ccc(OC)c(S(=O)(=O)NC4CCCC4)c3)ccc2c1. The minimum atomic E-state index is -3.81. The number of benzene rings is 3. The maximum atomic E-state index is 13.2. The first kappa shape index (κ1) is 24.0. The molecule has 0 aromatic heterocycles. The first-order valence-corrected chi connectivity index (χ1v) is 12.8. The summed E-state index contributed by atoms with van der Waals surface area (Å²) in [5.74, 6) is 0.740. The van der Waals surface area contributed by atoms with Crippen LogP contribution in [0.25, 0.3) is 10.8 Å². The summed E-state index contributed by atoms with van der Waals surface area (Å²) < 4.78 is 39.4. The highest BCUT2D eigenvalue weighted by Gasteiger charge is 2.27. The molecule has 180 valence electrons. The summed E-state index contributed by atoms with van der Waals surface area (Å²) in [7, 11) is 0.950. The van der Waals surface area contributed by atoms with Crippen molar-refractivity contribution in [2.45, 2.75) is 43.2 Å². The number of nitrogens with zero attached hydrogens (tertiary/aromatic N) is 1. The van der Waals surface area contributed by atoms with Crippen LogP contribution >= 0.6 is 0 Å². The molecule has 34 heavy (non-hydrogen) atoms. The van der Waals surface area contributed by atoms with E-state index in [1.54, 1.807) is 25.1 Å². The van der Waals surface area contributed by atoms with Gasteiger partial charge in [-0.1, -0.05) is 31.0 Å². The summed E-state index contributed by atoms with van der Waals surface area (Å²) in [6.07, 6.45) is 3.66. The predicted octanol–water partition coefficient (Wildman–Crippen LogP) is 4.35. The lowest BCUT2D eigenvalue weighted by molar-refractivity contribution is 0.0785. The lowest BCUT2D eigenvalue weighted by atomic mass is 10.1. The third kappa shape index (κ3) is 5.18. The van der Waals surface area contributed by atoms with Gasteiger partial charge in [-0.05, 0) is 65.6 Å². The molecule has 1 aliphatic rings. The molecule has 0 radical (unpaired) electrons. The van der Waals surface area contributed by atoms with E-state index in [0.717, 1.165) is 47.8 Å². The van der Waals surface area contributed by atoms with E-state index in [-0.39, 0.29) is 22.6 Å². The fourth-order valence-electron chi connectivity index (χ4n) is 4.41. The first-order chi connectivity index (χ1) is 16.3. The van der Waals surface area contributed by atoms with Crippen LogP contribution in [0.15, 0.2) is 59.5 Å². The van der Waals surface area contributed by atoms with Gasteiger partial charge in [0, 0.05) is 25.2 Å². The first-order valence-electron chi connectivity index (χ1n) is 11.3.